The summed E-state index contributed by atoms with van der Waals surface area (Å²) < 4.78 is 5.58. The van der Waals surface area contributed by atoms with E-state index in [9.17, 15) is 9.90 Å². The molecule has 0 radical (unpaired) electrons. The average molecular weight is 366 g/mol. The summed E-state index contributed by atoms with van der Waals surface area (Å²) in [6.45, 7) is 6.96. The second-order valence-corrected chi connectivity index (χ2v) is 7.02. The smallest absolute Gasteiger partial charge is 0.252 e. The number of nitrogens with one attached hydrogen (secondary N) is 2. The highest BCUT2D eigenvalue weighted by Crippen LogP contribution is 2.19. The van der Waals surface area contributed by atoms with Gasteiger partial charge in [0, 0.05) is 24.0 Å². The average Bonchev–Trinajstić information content (AvgIpc) is 2.65. The Bertz CT molecular complexity index is 977. The zero-order chi connectivity index (χ0) is 19.4. The molecule has 0 spiro atoms. The van der Waals surface area contributed by atoms with Crippen LogP contribution in [0.2, 0.25) is 0 Å². The number of ether oxygens (including phenoxy) is 1. The van der Waals surface area contributed by atoms with Gasteiger partial charge in [0.25, 0.3) is 5.56 Å². The maximum atomic E-state index is 12.3. The van der Waals surface area contributed by atoms with Crippen LogP contribution in [0.15, 0.2) is 47.3 Å². The van der Waals surface area contributed by atoms with Crippen molar-refractivity contribution in [3.05, 3.63) is 75.1 Å². The molecule has 1 unspecified atom stereocenters. The van der Waals surface area contributed by atoms with Gasteiger partial charge in [-0.25, -0.2) is 0 Å². The number of aliphatic hydroxyl groups is 1. The van der Waals surface area contributed by atoms with Crippen molar-refractivity contribution in [3.63, 3.8) is 0 Å². The molecule has 3 N–H and O–H groups in total. The SMILES string of the molecule is Cc1ccc(OCC(O)CNCc2cc3c(C)ccc(C)c3[nH]c2=O)cc1. The summed E-state index contributed by atoms with van der Waals surface area (Å²) in [6.07, 6.45) is -0.658. The van der Waals surface area contributed by atoms with Crippen molar-refractivity contribution < 1.29 is 9.84 Å². The van der Waals surface area contributed by atoms with E-state index in [0.717, 1.165) is 33.3 Å². The largest absolute Gasteiger partial charge is 0.491 e. The maximum absolute atomic E-state index is 12.3. The van der Waals surface area contributed by atoms with Gasteiger partial charge in [-0.1, -0.05) is 29.8 Å². The molecular formula is C22H26N2O3. The van der Waals surface area contributed by atoms with E-state index in [4.69, 9.17) is 4.74 Å². The van der Waals surface area contributed by atoms with Gasteiger partial charge in [0.15, 0.2) is 0 Å². The van der Waals surface area contributed by atoms with Gasteiger partial charge in [0.1, 0.15) is 18.5 Å². The fraction of sp³-hybridized carbons (Fsp3) is 0.318. The normalized spacial score (nSPS) is 12.3. The first-order chi connectivity index (χ1) is 12.9. The lowest BCUT2D eigenvalue weighted by Crippen LogP contribution is -2.32. The predicted octanol–water partition coefficient (Wildman–Crippen LogP) is 2.98. The number of aliphatic hydroxyl groups excluding tert-OH is 1. The summed E-state index contributed by atoms with van der Waals surface area (Å²) in [4.78, 5) is 15.3. The van der Waals surface area contributed by atoms with Gasteiger partial charge in [0.05, 0.1) is 5.52 Å². The Morgan fingerprint density at radius 1 is 1.07 bits per heavy atom. The van der Waals surface area contributed by atoms with Gasteiger partial charge in [-0.3, -0.25) is 4.79 Å². The summed E-state index contributed by atoms with van der Waals surface area (Å²) in [7, 11) is 0. The molecule has 1 atom stereocenters. The summed E-state index contributed by atoms with van der Waals surface area (Å²) >= 11 is 0. The molecule has 0 saturated heterocycles. The molecule has 0 aliphatic heterocycles. The molecule has 3 aromatic rings. The second kappa shape index (κ2) is 8.37. The highest BCUT2D eigenvalue weighted by Gasteiger charge is 2.09. The van der Waals surface area contributed by atoms with E-state index >= 15 is 0 Å². The van der Waals surface area contributed by atoms with Crippen molar-refractivity contribution in [1.82, 2.24) is 10.3 Å². The van der Waals surface area contributed by atoms with Crippen LogP contribution >= 0.6 is 0 Å². The third-order valence-corrected chi connectivity index (χ3v) is 4.68. The number of aromatic nitrogens is 1. The number of aromatic amines is 1. The number of pyridine rings is 1. The standard InChI is InChI=1S/C22H26N2O3/c1-14-4-8-19(9-5-14)27-13-18(25)12-23-11-17-10-20-15(2)6-7-16(3)21(20)24-22(17)26/h4-10,18,23,25H,11-13H2,1-3H3,(H,24,26). The van der Waals surface area contributed by atoms with Gasteiger partial charge < -0.3 is 20.1 Å². The van der Waals surface area contributed by atoms with Crippen LogP contribution in [-0.4, -0.2) is 29.3 Å². The Kier molecular flexibility index (Phi) is 5.94. The molecule has 0 aliphatic carbocycles. The topological polar surface area (TPSA) is 74.3 Å². The van der Waals surface area contributed by atoms with E-state index in [1.165, 1.54) is 0 Å². The van der Waals surface area contributed by atoms with Crippen LogP contribution in [0.25, 0.3) is 10.9 Å². The molecule has 5 nitrogen and oxygen atoms in total. The van der Waals surface area contributed by atoms with E-state index < -0.39 is 6.10 Å². The highest BCUT2D eigenvalue weighted by molar-refractivity contribution is 5.85. The number of aryl methyl sites for hydroxylation is 3. The van der Waals surface area contributed by atoms with Crippen LogP contribution in [-0.2, 0) is 6.54 Å². The number of hydrogen-bond acceptors (Lipinski definition) is 4. The molecule has 0 aliphatic rings. The van der Waals surface area contributed by atoms with E-state index in [0.29, 0.717) is 18.7 Å². The first-order valence-corrected chi connectivity index (χ1v) is 9.14. The van der Waals surface area contributed by atoms with E-state index in [2.05, 4.69) is 16.4 Å². The van der Waals surface area contributed by atoms with Crippen molar-refractivity contribution in [1.29, 1.82) is 0 Å². The van der Waals surface area contributed by atoms with Crippen LogP contribution in [0.1, 0.15) is 22.3 Å². The lowest BCUT2D eigenvalue weighted by molar-refractivity contribution is 0.106. The molecule has 1 heterocycles. The molecule has 1 aromatic heterocycles. The maximum Gasteiger partial charge on any atom is 0.252 e. The van der Waals surface area contributed by atoms with Gasteiger partial charge in [-0.2, -0.15) is 0 Å². The zero-order valence-electron chi connectivity index (χ0n) is 16.0. The number of benzene rings is 2. The second-order valence-electron chi connectivity index (χ2n) is 7.02. The molecule has 0 amide bonds. The first kappa shape index (κ1) is 19.1. The van der Waals surface area contributed by atoms with Crippen LogP contribution in [0, 0.1) is 20.8 Å². The Morgan fingerprint density at radius 3 is 2.52 bits per heavy atom. The third kappa shape index (κ3) is 4.76. The predicted molar refractivity (Wildman–Crippen MR) is 108 cm³/mol. The quantitative estimate of drug-likeness (QED) is 0.601. The minimum atomic E-state index is -0.658. The molecule has 5 heteroatoms. The van der Waals surface area contributed by atoms with Crippen LogP contribution in [0.4, 0.5) is 0 Å². The van der Waals surface area contributed by atoms with Gasteiger partial charge in [-0.15, -0.1) is 0 Å². The number of fused-ring (bicyclic) bond motifs is 1. The minimum absolute atomic E-state index is 0.103. The van der Waals surface area contributed by atoms with Crippen molar-refractivity contribution >= 4 is 10.9 Å². The summed E-state index contributed by atoms with van der Waals surface area (Å²) in [5.41, 5.74) is 4.78. The molecule has 3 rings (SSSR count). The number of rotatable bonds is 7. The van der Waals surface area contributed by atoms with E-state index in [-0.39, 0.29) is 12.2 Å². The fourth-order valence-corrected chi connectivity index (χ4v) is 3.01. The molecule has 0 saturated carbocycles. The van der Waals surface area contributed by atoms with E-state index in [1.807, 2.05) is 57.2 Å². The first-order valence-electron chi connectivity index (χ1n) is 9.14. The summed E-state index contributed by atoms with van der Waals surface area (Å²) in [6, 6.07) is 13.7. The molecule has 0 fully saturated rings. The monoisotopic (exact) mass is 366 g/mol. The molecule has 2 aromatic carbocycles. The van der Waals surface area contributed by atoms with Crippen LogP contribution < -0.4 is 15.6 Å². The summed E-state index contributed by atoms with van der Waals surface area (Å²) in [5, 5.41) is 14.3. The Morgan fingerprint density at radius 2 is 1.78 bits per heavy atom. The third-order valence-electron chi connectivity index (χ3n) is 4.68. The van der Waals surface area contributed by atoms with Gasteiger partial charge in [0.2, 0.25) is 0 Å². The van der Waals surface area contributed by atoms with Crippen molar-refractivity contribution in [2.45, 2.75) is 33.4 Å². The lowest BCUT2D eigenvalue weighted by atomic mass is 10.0. The van der Waals surface area contributed by atoms with Gasteiger partial charge in [-0.05, 0) is 50.1 Å². The Labute approximate surface area is 159 Å². The van der Waals surface area contributed by atoms with Crippen molar-refractivity contribution in [2.75, 3.05) is 13.2 Å². The number of hydrogen-bond donors (Lipinski definition) is 3. The molecule has 0 bridgehead atoms. The van der Waals surface area contributed by atoms with E-state index in [1.54, 1.807) is 0 Å². The lowest BCUT2D eigenvalue weighted by Gasteiger charge is -2.14. The molecule has 27 heavy (non-hydrogen) atoms. The van der Waals surface area contributed by atoms with Gasteiger partial charge >= 0.3 is 0 Å². The van der Waals surface area contributed by atoms with Crippen LogP contribution in [0.3, 0.4) is 0 Å². The molecule has 142 valence electrons. The van der Waals surface area contributed by atoms with Crippen molar-refractivity contribution in [2.24, 2.45) is 0 Å². The molecular weight excluding hydrogens is 340 g/mol. The Hall–Kier alpha value is -2.63. The number of H-pyrrole nitrogens is 1. The minimum Gasteiger partial charge on any atom is -0.491 e. The van der Waals surface area contributed by atoms with Crippen molar-refractivity contribution in [3.8, 4) is 5.75 Å². The van der Waals surface area contributed by atoms with Crippen LogP contribution in [0.5, 0.6) is 5.75 Å². The Balaban J connectivity index is 1.57. The highest BCUT2D eigenvalue weighted by atomic mass is 16.5. The fourth-order valence-electron chi connectivity index (χ4n) is 3.01. The zero-order valence-corrected chi connectivity index (χ0v) is 16.0. The summed E-state index contributed by atoms with van der Waals surface area (Å²) in [5.74, 6) is 0.733.